The van der Waals surface area contributed by atoms with E-state index >= 15 is 0 Å². The van der Waals surface area contributed by atoms with Crippen LogP contribution in [0.2, 0.25) is 0 Å². The van der Waals surface area contributed by atoms with Crippen LogP contribution in [0.5, 0.6) is 34.9 Å². The topological polar surface area (TPSA) is 396 Å². The number of rotatable bonds is 29. The Morgan fingerprint density at radius 1 is 0.553 bits per heavy atom. The first-order chi connectivity index (χ1) is 59.8. The third-order valence-electron chi connectivity index (χ3n) is 22.1. The van der Waals surface area contributed by atoms with Gasteiger partial charge in [0.25, 0.3) is 23.6 Å². The number of allylic oxidation sites excluding steroid dienone is 2. The first-order valence-corrected chi connectivity index (χ1v) is 41.3. The molecule has 3 saturated carbocycles. The van der Waals surface area contributed by atoms with Gasteiger partial charge in [-0.3, -0.25) is 24.0 Å². The molecule has 0 radical (unpaired) electrons. The summed E-state index contributed by atoms with van der Waals surface area (Å²) >= 11 is 0. The lowest BCUT2D eigenvalue weighted by molar-refractivity contribution is -0.118. The molecule has 31 heteroatoms. The molecule has 0 spiro atoms. The lowest BCUT2D eigenvalue weighted by Gasteiger charge is -2.19. The molecule has 636 valence electrons. The maximum atomic E-state index is 12.9. The van der Waals surface area contributed by atoms with Crippen molar-refractivity contribution in [2.24, 2.45) is 5.73 Å². The van der Waals surface area contributed by atoms with Gasteiger partial charge in [0.1, 0.15) is 64.7 Å². The number of primary amides is 1. The average Bonchev–Trinajstić information content (AvgIpc) is 1.63. The molecule has 9 N–H and O–H groups in total. The largest absolute Gasteiger partial charge is 0.496 e. The van der Waals surface area contributed by atoms with Gasteiger partial charge in [0, 0.05) is 113 Å². The Bertz CT molecular complexity index is 6010. The summed E-state index contributed by atoms with van der Waals surface area (Å²) in [6, 6.07) is 34.7. The quantitative estimate of drug-likeness (QED) is 0.0216. The van der Waals surface area contributed by atoms with Gasteiger partial charge in [0.2, 0.25) is 35.4 Å². The van der Waals surface area contributed by atoms with Crippen LogP contribution in [-0.4, -0.2) is 171 Å². The number of methoxy groups -OCH3 is 3. The molecule has 0 unspecified atom stereocenters. The molecule has 6 aromatic carbocycles. The number of benzene rings is 6. The van der Waals surface area contributed by atoms with Gasteiger partial charge in [0.05, 0.1) is 67.2 Å². The third kappa shape index (κ3) is 19.5. The van der Waals surface area contributed by atoms with E-state index < -0.39 is 12.6 Å². The van der Waals surface area contributed by atoms with Crippen LogP contribution in [0.1, 0.15) is 182 Å². The van der Waals surface area contributed by atoms with Crippen LogP contribution in [0, 0.1) is 13.8 Å². The molecular formula is C92H97FN16O14. The number of hydrogen-bond donors (Lipinski definition) is 8. The van der Waals surface area contributed by atoms with Gasteiger partial charge in [0.15, 0.2) is 22.9 Å². The van der Waals surface area contributed by atoms with E-state index in [-0.39, 0.29) is 74.6 Å². The molecule has 17 rings (SSSR count). The van der Waals surface area contributed by atoms with Gasteiger partial charge in [-0.1, -0.05) is 42.5 Å². The fourth-order valence-electron chi connectivity index (χ4n) is 15.9. The van der Waals surface area contributed by atoms with Gasteiger partial charge >= 0.3 is 0 Å². The summed E-state index contributed by atoms with van der Waals surface area (Å²) < 4.78 is 60.3. The van der Waals surface area contributed by atoms with Crippen molar-refractivity contribution in [2.45, 2.75) is 135 Å². The number of aromatic nitrogens is 9. The number of halogens is 1. The number of amides is 5. The summed E-state index contributed by atoms with van der Waals surface area (Å²) in [6.45, 7) is 3.26. The molecule has 0 saturated heterocycles. The van der Waals surface area contributed by atoms with Gasteiger partial charge in [-0.15, -0.1) is 0 Å². The summed E-state index contributed by atoms with van der Waals surface area (Å²) in [7, 11) is 7.86. The highest BCUT2D eigenvalue weighted by Crippen LogP contribution is 2.45. The van der Waals surface area contributed by atoms with Crippen LogP contribution in [0.4, 0.5) is 27.7 Å². The monoisotopic (exact) mass is 1670 g/mol. The molecule has 123 heavy (non-hydrogen) atoms. The van der Waals surface area contributed by atoms with Crippen molar-refractivity contribution in [2.75, 3.05) is 79.0 Å². The predicted octanol–water partition coefficient (Wildman–Crippen LogP) is 14.2. The molecule has 5 aliphatic rings. The number of hydrogen-bond acceptors (Lipinski definition) is 24. The molecule has 5 aliphatic carbocycles. The summed E-state index contributed by atoms with van der Waals surface area (Å²) in [5.74, 6) is 4.08. The van der Waals surface area contributed by atoms with Crippen LogP contribution in [-0.2, 0) is 24.1 Å². The fraction of sp³-hybridized carbons (Fsp3) is 0.337. The molecule has 30 nitrogen and oxygen atoms in total. The van der Waals surface area contributed by atoms with Crippen molar-refractivity contribution in [1.82, 2.24) is 65.7 Å². The molecular weight excluding hydrogens is 1570 g/mol. The number of nitrogens with one attached hydrogen (secondary N) is 6. The van der Waals surface area contributed by atoms with E-state index in [1.165, 1.54) is 19.1 Å². The molecule has 6 aromatic heterocycles. The lowest BCUT2D eigenvalue weighted by atomic mass is 10.00. The highest BCUT2D eigenvalue weighted by molar-refractivity contribution is 6.00. The highest BCUT2D eigenvalue weighted by Gasteiger charge is 2.32. The number of ether oxygens (including phenoxy) is 6. The number of fused-ring (bicyclic) bond motifs is 5. The number of oxazole rings is 2. The van der Waals surface area contributed by atoms with E-state index in [1.54, 1.807) is 81.9 Å². The van der Waals surface area contributed by atoms with E-state index in [9.17, 15) is 28.4 Å². The number of carbonyl (C=O) groups excluding carboxylic acids is 5. The number of alkyl halides is 1. The van der Waals surface area contributed by atoms with Gasteiger partial charge < -0.3 is 84.6 Å². The summed E-state index contributed by atoms with van der Waals surface area (Å²) in [6.07, 6.45) is 20.9. The molecule has 5 amide bonds. The number of nitrogens with two attached hydrogens (primary N) is 1. The first-order valence-electron chi connectivity index (χ1n) is 41.3. The minimum atomic E-state index is -0.631. The van der Waals surface area contributed by atoms with E-state index in [1.807, 2.05) is 74.6 Å². The number of aliphatic hydroxyl groups excluding tert-OH is 1. The zero-order valence-electron chi connectivity index (χ0n) is 69.5. The second-order valence-electron chi connectivity index (χ2n) is 30.6. The third-order valence-corrected chi connectivity index (χ3v) is 22.1. The normalized spacial score (nSPS) is 14.2. The number of aromatic amines is 1. The zero-order valence-corrected chi connectivity index (χ0v) is 69.5. The van der Waals surface area contributed by atoms with Gasteiger partial charge in [-0.2, -0.15) is 15.0 Å². The summed E-state index contributed by atoms with van der Waals surface area (Å²) in [5, 5.41) is 24.1. The number of nitrogens with zero attached hydrogens (tertiary/aromatic N) is 9. The number of anilines is 4. The van der Waals surface area contributed by atoms with Crippen LogP contribution in [0.15, 0.2) is 142 Å². The lowest BCUT2D eigenvalue weighted by Crippen LogP contribution is -2.30. The van der Waals surface area contributed by atoms with Crippen LogP contribution in [0.25, 0.3) is 55.5 Å². The Balaban J connectivity index is 0.000000143. The van der Waals surface area contributed by atoms with Gasteiger partial charge in [-0.25, -0.2) is 29.3 Å². The molecule has 0 atom stereocenters. The minimum Gasteiger partial charge on any atom is -0.496 e. The van der Waals surface area contributed by atoms with Crippen molar-refractivity contribution in [3.05, 3.63) is 213 Å². The van der Waals surface area contributed by atoms with E-state index in [0.717, 1.165) is 161 Å². The van der Waals surface area contributed by atoms with Crippen molar-refractivity contribution in [1.29, 1.82) is 0 Å². The number of H-pyrrole nitrogens is 1. The SMILES string of the molecule is CNC(=O)c1ccc(C2=CCc3nc(Nc4ccc(C(=O)NCCO)cc4OC)nc(OC4CCCC4)c32)cc1.COc1cc(C(=O)N(C)CCC(N)=O)ccc1Cc1nc(OC2CCCC2)c2c(-c3ccc4nc(C)oc4c3)c[nH]c2n1.COc1cc(C(=O)NCCF)ccc1Nc1nc2c(c(OC3CCCC3)n1)C(c1ccc3nc(C)oc3c1)=CC2. The average molecular weight is 1670 g/mol. The second-order valence-corrected chi connectivity index (χ2v) is 30.6. The standard InChI is InChI=1S/C32H34N6O5.C30H30FN5O4.C30H33N5O5/c1-18-35-24-11-10-19(14-26(24)42-18)23-17-34-30-29(23)31(43-22-6-4-5-7-22)37-28(36-30)16-20-8-9-21(15-25(20)41-3)32(40)38(2)13-12-27(33)39;1-17-33-23-10-7-18(15-26(23)39-17)21-9-12-24-27(21)29(40-20-5-3-4-6-20)36-30(35-24)34-22-11-8-19(16-25(22)38-2)28(37)32-14-13-31;1-31-27(37)19-9-7-18(8-10-19)22-12-14-24-26(22)29(40-21-5-3-4-6-21)35-30(34-24)33-23-13-11-20(17-25(23)39-2)28(38)32-15-16-36/h8-11,14-15,17,22H,4-7,12-13,16H2,1-3H3,(H2,33,39)(H,34,36,37);7-11,15-16,20H,3-6,12-14H2,1-2H3,(H,32,37)(H,34,35,36);7-13,17,21,36H,3-6,14-16H2,1-2H3,(H,31,37)(H,32,38)(H,33,34,35). The smallest absolute Gasteiger partial charge is 0.253 e. The zero-order chi connectivity index (χ0) is 85.8. The van der Waals surface area contributed by atoms with Crippen molar-refractivity contribution >= 4 is 97.2 Å². The van der Waals surface area contributed by atoms with Crippen molar-refractivity contribution in [3.63, 3.8) is 0 Å². The second kappa shape index (κ2) is 38.3. The Morgan fingerprint density at radius 2 is 1.04 bits per heavy atom. The highest BCUT2D eigenvalue weighted by atomic mass is 19.1. The molecule has 3 fully saturated rings. The Labute approximate surface area is 708 Å². The van der Waals surface area contributed by atoms with Crippen molar-refractivity contribution in [3.8, 4) is 46.0 Å². The van der Waals surface area contributed by atoms with Crippen LogP contribution >= 0.6 is 0 Å². The fourth-order valence-corrected chi connectivity index (χ4v) is 15.9. The number of carbonyl (C=O) groups is 5. The predicted molar refractivity (Wildman–Crippen MR) is 461 cm³/mol. The minimum absolute atomic E-state index is 0.0458. The maximum absolute atomic E-state index is 12.9. The Morgan fingerprint density at radius 3 is 1.56 bits per heavy atom. The molecule has 0 aliphatic heterocycles. The summed E-state index contributed by atoms with van der Waals surface area (Å²) in [5.41, 5.74) is 22.1. The number of aryl methyl sites for hydroxylation is 2. The summed E-state index contributed by atoms with van der Waals surface area (Å²) in [4.78, 5) is 103. The van der Waals surface area contributed by atoms with Crippen LogP contribution < -0.4 is 60.7 Å². The molecule has 6 heterocycles. The Hall–Kier alpha value is -13.8. The van der Waals surface area contributed by atoms with E-state index in [4.69, 9.17) is 78.0 Å². The van der Waals surface area contributed by atoms with Crippen molar-refractivity contribution < 1.29 is 70.7 Å². The van der Waals surface area contributed by atoms with Gasteiger partial charge in [-0.05, 0) is 190 Å². The number of aliphatic hydroxyl groups is 1. The van der Waals surface area contributed by atoms with E-state index in [2.05, 4.69) is 53.7 Å². The molecule has 0 bridgehead atoms. The van der Waals surface area contributed by atoms with E-state index in [0.29, 0.717) is 129 Å². The van der Waals surface area contributed by atoms with Crippen LogP contribution in [0.3, 0.4) is 0 Å². The Kier molecular flexibility index (Phi) is 26.2. The maximum Gasteiger partial charge on any atom is 0.253 e. The first kappa shape index (κ1) is 84.2. The molecule has 12 aromatic rings.